The highest BCUT2D eigenvalue weighted by Gasteiger charge is 1.80. The van der Waals surface area contributed by atoms with E-state index in [4.69, 9.17) is 18.6 Å². The molecule has 1 aromatic heterocycles. The van der Waals surface area contributed by atoms with Crippen molar-refractivity contribution in [3.05, 3.63) is 28.5 Å². The number of hydrogen-bond donors (Lipinski definition) is 1. The number of hydrogen-bond acceptors (Lipinski definition) is 1. The van der Waals surface area contributed by atoms with Crippen molar-refractivity contribution in [1.29, 1.82) is 0 Å². The van der Waals surface area contributed by atoms with E-state index in [0.29, 0.717) is 0 Å². The van der Waals surface area contributed by atoms with Crippen molar-refractivity contribution in [1.82, 2.24) is 4.98 Å². The number of H-pyrrole nitrogens is 1. The summed E-state index contributed by atoms with van der Waals surface area (Å²) in [5.41, 5.74) is 0.725. The van der Waals surface area contributed by atoms with Gasteiger partial charge in [-0.1, -0.05) is 18.1 Å². The molecule has 0 aliphatic heterocycles. The summed E-state index contributed by atoms with van der Waals surface area (Å²) >= 11 is 4.85. The second kappa shape index (κ2) is 2.47. The van der Waals surface area contributed by atoms with Gasteiger partial charge < -0.3 is 4.98 Å². The number of terminal acetylenes is 1. The van der Waals surface area contributed by atoms with Crippen LogP contribution in [-0.2, 0) is 0 Å². The number of aromatic amines is 1. The third kappa shape index (κ3) is 1.41. The molecule has 9 heavy (non-hydrogen) atoms. The zero-order valence-corrected chi connectivity index (χ0v) is 5.53. The van der Waals surface area contributed by atoms with Crippen molar-refractivity contribution in [2.75, 3.05) is 0 Å². The van der Waals surface area contributed by atoms with Crippen LogP contribution < -0.4 is 0 Å². The Morgan fingerprint density at radius 1 is 1.67 bits per heavy atom. The molecule has 0 unspecified atom stereocenters. The summed E-state index contributed by atoms with van der Waals surface area (Å²) in [4.78, 5) is 2.86. The fourth-order valence-corrected chi connectivity index (χ4v) is 0.715. The average molecular weight is 135 g/mol. The minimum Gasteiger partial charge on any atom is -0.355 e. The van der Waals surface area contributed by atoms with Crippen LogP contribution in [0, 0.1) is 16.9 Å². The maximum atomic E-state index is 5.09. The predicted octanol–water partition coefficient (Wildman–Crippen LogP) is 1.73. The van der Waals surface area contributed by atoms with Crippen molar-refractivity contribution in [3.63, 3.8) is 0 Å². The molecule has 0 radical (unpaired) electrons. The topological polar surface area (TPSA) is 15.8 Å². The van der Waals surface area contributed by atoms with Crippen molar-refractivity contribution < 1.29 is 0 Å². The minimum atomic E-state index is 0.725. The summed E-state index contributed by atoms with van der Waals surface area (Å²) in [6.45, 7) is 0. The maximum absolute atomic E-state index is 5.09. The highest BCUT2D eigenvalue weighted by Crippen LogP contribution is 1.92. The molecule has 0 spiro atoms. The Morgan fingerprint density at radius 3 is 2.89 bits per heavy atom. The SMILES string of the molecule is C#Cc1cc(=S)cc[nH]1. The molecule has 1 rings (SSSR count). The van der Waals surface area contributed by atoms with Crippen molar-refractivity contribution in [2.45, 2.75) is 0 Å². The lowest BCUT2D eigenvalue weighted by molar-refractivity contribution is 1.28. The summed E-state index contributed by atoms with van der Waals surface area (Å²) < 4.78 is 0.765. The van der Waals surface area contributed by atoms with E-state index in [1.54, 1.807) is 18.3 Å². The van der Waals surface area contributed by atoms with E-state index in [2.05, 4.69) is 10.9 Å². The molecule has 0 fully saturated rings. The number of nitrogens with one attached hydrogen (secondary N) is 1. The van der Waals surface area contributed by atoms with Gasteiger partial charge in [-0.2, -0.15) is 0 Å². The molecule has 1 N–H and O–H groups in total. The molecule has 1 nitrogen and oxygen atoms in total. The third-order valence-corrected chi connectivity index (χ3v) is 1.18. The van der Waals surface area contributed by atoms with E-state index in [0.717, 1.165) is 10.2 Å². The molecule has 44 valence electrons. The van der Waals surface area contributed by atoms with Gasteiger partial charge in [0.1, 0.15) is 0 Å². The minimum absolute atomic E-state index is 0.725. The smallest absolute Gasteiger partial charge is 0.0904 e. The quantitative estimate of drug-likeness (QED) is 0.423. The van der Waals surface area contributed by atoms with Gasteiger partial charge in [-0.25, -0.2) is 0 Å². The van der Waals surface area contributed by atoms with Crippen LogP contribution in [0.15, 0.2) is 18.3 Å². The summed E-state index contributed by atoms with van der Waals surface area (Å²) in [5.74, 6) is 2.45. The van der Waals surface area contributed by atoms with Gasteiger partial charge in [0.15, 0.2) is 0 Å². The van der Waals surface area contributed by atoms with Gasteiger partial charge in [-0.05, 0) is 12.1 Å². The Bertz CT molecular complexity index is 292. The van der Waals surface area contributed by atoms with Crippen LogP contribution in [0.2, 0.25) is 0 Å². The van der Waals surface area contributed by atoms with E-state index < -0.39 is 0 Å². The number of aromatic nitrogens is 1. The van der Waals surface area contributed by atoms with Gasteiger partial charge in [0.2, 0.25) is 0 Å². The standard InChI is InChI=1S/C7H5NS/c1-2-6-5-7(9)3-4-8-6/h1,3-5H,(H,8,9). The Labute approximate surface area is 58.7 Å². The monoisotopic (exact) mass is 135 g/mol. The Kier molecular flexibility index (Phi) is 1.66. The lowest BCUT2D eigenvalue weighted by Gasteiger charge is -1.86. The van der Waals surface area contributed by atoms with Gasteiger partial charge in [0.05, 0.1) is 5.69 Å². The van der Waals surface area contributed by atoms with Crippen LogP contribution in [-0.4, -0.2) is 4.98 Å². The first-order valence-electron chi connectivity index (χ1n) is 2.48. The predicted molar refractivity (Wildman–Crippen MR) is 39.6 cm³/mol. The molecule has 0 saturated heterocycles. The largest absolute Gasteiger partial charge is 0.355 e. The first-order valence-corrected chi connectivity index (χ1v) is 2.89. The third-order valence-electron chi connectivity index (χ3n) is 0.929. The molecule has 1 heterocycles. The zero-order chi connectivity index (χ0) is 6.69. The fourth-order valence-electron chi connectivity index (χ4n) is 0.529. The van der Waals surface area contributed by atoms with E-state index in [1.807, 2.05) is 0 Å². The lowest BCUT2D eigenvalue weighted by atomic mass is 10.4. The Morgan fingerprint density at radius 2 is 2.44 bits per heavy atom. The second-order valence-electron chi connectivity index (χ2n) is 1.58. The van der Waals surface area contributed by atoms with Gasteiger partial charge in [0.25, 0.3) is 0 Å². The molecular weight excluding hydrogens is 130 g/mol. The summed E-state index contributed by atoms with van der Waals surface area (Å²) in [6.07, 6.45) is 6.82. The van der Waals surface area contributed by atoms with Crippen molar-refractivity contribution in [3.8, 4) is 12.3 Å². The Hall–Kier alpha value is -1.07. The van der Waals surface area contributed by atoms with Crippen LogP contribution in [0.1, 0.15) is 5.69 Å². The first-order chi connectivity index (χ1) is 4.33. The van der Waals surface area contributed by atoms with E-state index in [9.17, 15) is 0 Å². The fraction of sp³-hybridized carbons (Fsp3) is 0. The summed E-state index contributed by atoms with van der Waals surface area (Å²) in [7, 11) is 0. The van der Waals surface area contributed by atoms with Crippen LogP contribution in [0.3, 0.4) is 0 Å². The Balaban J connectivity index is 3.28. The molecule has 0 aliphatic rings. The number of pyridine rings is 1. The molecule has 0 amide bonds. The highest BCUT2D eigenvalue weighted by molar-refractivity contribution is 7.71. The van der Waals surface area contributed by atoms with Gasteiger partial charge >= 0.3 is 0 Å². The van der Waals surface area contributed by atoms with E-state index in [1.165, 1.54) is 0 Å². The van der Waals surface area contributed by atoms with Gasteiger partial charge in [-0.3, -0.25) is 0 Å². The van der Waals surface area contributed by atoms with Crippen molar-refractivity contribution in [2.24, 2.45) is 0 Å². The maximum Gasteiger partial charge on any atom is 0.0904 e. The summed E-state index contributed by atoms with van der Waals surface area (Å²) in [6, 6.07) is 3.53. The van der Waals surface area contributed by atoms with Gasteiger partial charge in [-0.15, -0.1) is 6.42 Å². The molecule has 1 aromatic rings. The second-order valence-corrected chi connectivity index (χ2v) is 2.05. The van der Waals surface area contributed by atoms with Crippen LogP contribution in [0.4, 0.5) is 0 Å². The molecule has 0 atom stereocenters. The van der Waals surface area contributed by atoms with Crippen molar-refractivity contribution >= 4 is 12.2 Å². The van der Waals surface area contributed by atoms with Crippen LogP contribution in [0.5, 0.6) is 0 Å². The average Bonchev–Trinajstić information content (AvgIpc) is 1.88. The van der Waals surface area contributed by atoms with E-state index in [-0.39, 0.29) is 0 Å². The van der Waals surface area contributed by atoms with Crippen LogP contribution in [0.25, 0.3) is 0 Å². The molecule has 0 aromatic carbocycles. The van der Waals surface area contributed by atoms with Crippen LogP contribution >= 0.6 is 12.2 Å². The molecule has 0 bridgehead atoms. The zero-order valence-electron chi connectivity index (χ0n) is 4.72. The number of rotatable bonds is 0. The molecule has 0 aliphatic carbocycles. The molecule has 0 saturated carbocycles. The first kappa shape index (κ1) is 6.06. The molecule has 2 heteroatoms. The lowest BCUT2D eigenvalue weighted by Crippen LogP contribution is -1.77. The highest BCUT2D eigenvalue weighted by atomic mass is 32.1. The normalized spacial score (nSPS) is 8.33. The summed E-state index contributed by atoms with van der Waals surface area (Å²) in [5, 5.41) is 0. The van der Waals surface area contributed by atoms with Gasteiger partial charge in [0, 0.05) is 10.7 Å². The molecular formula is C7H5NS. The van der Waals surface area contributed by atoms with E-state index >= 15 is 0 Å².